The second-order valence-electron chi connectivity index (χ2n) is 8.34. The minimum Gasteiger partial charge on any atom is -0.330 e. The topological polar surface area (TPSA) is 70.5 Å². The van der Waals surface area contributed by atoms with E-state index in [1.54, 1.807) is 0 Å². The van der Waals surface area contributed by atoms with Gasteiger partial charge in [0.05, 0.1) is 0 Å². The first-order valence-electron chi connectivity index (χ1n) is 10.1. The van der Waals surface area contributed by atoms with Gasteiger partial charge in [0, 0.05) is 11.1 Å². The van der Waals surface area contributed by atoms with E-state index >= 15 is 0 Å². The van der Waals surface area contributed by atoms with Crippen LogP contribution in [0.4, 0.5) is 0 Å². The molecule has 0 aromatic heterocycles. The molecule has 5 N–H and O–H groups in total. The van der Waals surface area contributed by atoms with E-state index in [4.69, 9.17) is 11.5 Å². The van der Waals surface area contributed by atoms with Crippen molar-refractivity contribution in [3.63, 3.8) is 0 Å². The van der Waals surface area contributed by atoms with Gasteiger partial charge in [-0.1, -0.05) is 6.08 Å². The summed E-state index contributed by atoms with van der Waals surface area (Å²) in [6, 6.07) is 0. The van der Waals surface area contributed by atoms with Crippen LogP contribution in [0.5, 0.6) is 0 Å². The third kappa shape index (κ3) is 11.6. The maximum atomic E-state index is 5.64. The van der Waals surface area contributed by atoms with Gasteiger partial charge in [-0.2, -0.15) is 12.6 Å². The van der Waals surface area contributed by atoms with Crippen molar-refractivity contribution in [3.8, 4) is 0 Å². The Hall–Kier alpha value is -0.110. The van der Waals surface area contributed by atoms with Crippen molar-refractivity contribution in [2.24, 2.45) is 11.5 Å². The van der Waals surface area contributed by atoms with Crippen molar-refractivity contribution < 1.29 is 0 Å². The van der Waals surface area contributed by atoms with Crippen molar-refractivity contribution >= 4 is 12.6 Å². The maximum Gasteiger partial charge on any atom is 0.0355 e. The van der Waals surface area contributed by atoms with Gasteiger partial charge in [-0.15, -0.1) is 0 Å². The normalized spacial score (nSPS) is 15.3. The molecular weight excluding hydrogens is 342 g/mol. The van der Waals surface area contributed by atoms with Crippen LogP contribution >= 0.6 is 12.6 Å². The minimum absolute atomic E-state index is 0.0195. The fraction of sp³-hybridized carbons (Fsp3) is 0.900. The highest BCUT2D eigenvalue weighted by Crippen LogP contribution is 2.20. The van der Waals surface area contributed by atoms with E-state index in [1.165, 1.54) is 0 Å². The number of hydrogen-bond acceptors (Lipinski definition) is 6. The summed E-state index contributed by atoms with van der Waals surface area (Å²) in [5.74, 6) is 0. The predicted molar refractivity (Wildman–Crippen MR) is 120 cm³/mol. The third-order valence-corrected chi connectivity index (χ3v) is 5.57. The molecular formula is C20H45N5S. The highest BCUT2D eigenvalue weighted by molar-refractivity contribution is 7.83. The molecule has 5 nitrogen and oxygen atoms in total. The van der Waals surface area contributed by atoms with Crippen LogP contribution in [0.1, 0.15) is 52.9 Å². The van der Waals surface area contributed by atoms with Crippen LogP contribution in [0.15, 0.2) is 11.5 Å². The minimum atomic E-state index is -0.0195. The SMILES string of the molecule is CN(CCCN)CCC(C)(C=CS)NCCCC(C)(C)N(C)CCCN. The molecule has 0 aliphatic heterocycles. The second-order valence-corrected chi connectivity index (χ2v) is 8.63. The van der Waals surface area contributed by atoms with E-state index in [2.05, 4.69) is 68.7 Å². The molecule has 26 heavy (non-hydrogen) atoms. The van der Waals surface area contributed by atoms with Crippen LogP contribution in [0, 0.1) is 0 Å². The number of nitrogens with two attached hydrogens (primary N) is 2. The average Bonchev–Trinajstić information content (AvgIpc) is 2.60. The Balaban J connectivity index is 4.34. The van der Waals surface area contributed by atoms with Gasteiger partial charge in [-0.05, 0) is 112 Å². The van der Waals surface area contributed by atoms with Crippen molar-refractivity contribution in [3.05, 3.63) is 11.5 Å². The molecule has 0 aromatic rings. The molecule has 0 saturated carbocycles. The smallest absolute Gasteiger partial charge is 0.0355 e. The molecule has 0 radical (unpaired) electrons. The molecule has 0 fully saturated rings. The third-order valence-electron chi connectivity index (χ3n) is 5.42. The molecule has 0 spiro atoms. The predicted octanol–water partition coefficient (Wildman–Crippen LogP) is 2.29. The van der Waals surface area contributed by atoms with Gasteiger partial charge in [0.25, 0.3) is 0 Å². The van der Waals surface area contributed by atoms with Gasteiger partial charge in [0.2, 0.25) is 0 Å². The Morgan fingerprint density at radius 2 is 1.54 bits per heavy atom. The van der Waals surface area contributed by atoms with Crippen molar-refractivity contribution in [2.75, 3.05) is 53.4 Å². The van der Waals surface area contributed by atoms with Gasteiger partial charge in [0.1, 0.15) is 0 Å². The van der Waals surface area contributed by atoms with E-state index in [1.807, 2.05) is 5.41 Å². The molecule has 0 amide bonds. The van der Waals surface area contributed by atoms with Crippen molar-refractivity contribution in [1.82, 2.24) is 15.1 Å². The summed E-state index contributed by atoms with van der Waals surface area (Å²) in [6.07, 6.45) is 7.66. The Bertz CT molecular complexity index is 375. The van der Waals surface area contributed by atoms with Crippen molar-refractivity contribution in [1.29, 1.82) is 0 Å². The monoisotopic (exact) mass is 387 g/mol. The Labute approximate surface area is 168 Å². The summed E-state index contributed by atoms with van der Waals surface area (Å²) in [6.45, 7) is 12.6. The zero-order chi connectivity index (χ0) is 20.1. The summed E-state index contributed by atoms with van der Waals surface area (Å²) < 4.78 is 0. The van der Waals surface area contributed by atoms with Crippen LogP contribution in [0.3, 0.4) is 0 Å². The van der Waals surface area contributed by atoms with E-state index in [0.29, 0.717) is 0 Å². The summed E-state index contributed by atoms with van der Waals surface area (Å²) in [5, 5.41) is 5.60. The first-order chi connectivity index (χ1) is 12.2. The molecule has 0 bridgehead atoms. The van der Waals surface area contributed by atoms with E-state index < -0.39 is 0 Å². The quantitative estimate of drug-likeness (QED) is 0.242. The molecule has 0 aliphatic rings. The number of nitrogens with zero attached hydrogens (tertiary/aromatic N) is 2. The lowest BCUT2D eigenvalue weighted by Crippen LogP contribution is -2.45. The highest BCUT2D eigenvalue weighted by Gasteiger charge is 2.24. The summed E-state index contributed by atoms with van der Waals surface area (Å²) in [7, 11) is 4.37. The van der Waals surface area contributed by atoms with E-state index in [-0.39, 0.29) is 11.1 Å². The molecule has 0 aromatic carbocycles. The van der Waals surface area contributed by atoms with Crippen LogP contribution in [0.25, 0.3) is 0 Å². The fourth-order valence-corrected chi connectivity index (χ4v) is 3.34. The number of rotatable bonds is 16. The molecule has 1 unspecified atom stereocenters. The summed E-state index contributed by atoms with van der Waals surface area (Å²) >= 11 is 4.30. The summed E-state index contributed by atoms with van der Waals surface area (Å²) in [5.41, 5.74) is 11.4. The van der Waals surface area contributed by atoms with Gasteiger partial charge < -0.3 is 26.6 Å². The average molecular weight is 388 g/mol. The van der Waals surface area contributed by atoms with Crippen LogP contribution in [-0.2, 0) is 0 Å². The molecule has 1 atom stereocenters. The second kappa shape index (κ2) is 14.0. The lowest BCUT2D eigenvalue weighted by atomic mass is 9.94. The number of hydrogen-bond donors (Lipinski definition) is 4. The zero-order valence-electron chi connectivity index (χ0n) is 17.9. The highest BCUT2D eigenvalue weighted by atomic mass is 32.1. The van der Waals surface area contributed by atoms with Gasteiger partial charge >= 0.3 is 0 Å². The van der Waals surface area contributed by atoms with Crippen molar-refractivity contribution in [2.45, 2.75) is 64.0 Å². The van der Waals surface area contributed by atoms with Gasteiger partial charge in [0.15, 0.2) is 0 Å². The van der Waals surface area contributed by atoms with Gasteiger partial charge in [-0.25, -0.2) is 0 Å². The molecule has 156 valence electrons. The molecule has 0 aliphatic carbocycles. The number of nitrogens with one attached hydrogen (secondary N) is 1. The fourth-order valence-electron chi connectivity index (χ4n) is 3.01. The largest absolute Gasteiger partial charge is 0.330 e. The lowest BCUT2D eigenvalue weighted by molar-refractivity contribution is 0.141. The Morgan fingerprint density at radius 1 is 0.923 bits per heavy atom. The van der Waals surface area contributed by atoms with Crippen LogP contribution < -0.4 is 16.8 Å². The molecule has 0 rings (SSSR count). The van der Waals surface area contributed by atoms with Crippen LogP contribution in [0.2, 0.25) is 0 Å². The maximum absolute atomic E-state index is 5.64. The lowest BCUT2D eigenvalue weighted by Gasteiger charge is -2.36. The Kier molecular flexibility index (Phi) is 13.9. The molecule has 0 heterocycles. The van der Waals surface area contributed by atoms with Gasteiger partial charge in [-0.3, -0.25) is 0 Å². The zero-order valence-corrected chi connectivity index (χ0v) is 18.8. The molecule has 6 heteroatoms. The van der Waals surface area contributed by atoms with Crippen LogP contribution in [-0.4, -0.2) is 74.2 Å². The Morgan fingerprint density at radius 3 is 2.12 bits per heavy atom. The molecule has 0 saturated heterocycles. The standard InChI is InChI=1S/C20H45N5S/c1-19(2,25(5)16-8-13-22)9-6-14-23-20(3,11-18-26)10-17-24(4)15-7-12-21/h11,18,23,26H,6-10,12-17,21-22H2,1-5H3. The number of thiol groups is 1. The summed E-state index contributed by atoms with van der Waals surface area (Å²) in [4.78, 5) is 4.79. The first-order valence-corrected chi connectivity index (χ1v) is 10.6. The van der Waals surface area contributed by atoms with E-state index in [0.717, 1.165) is 71.4 Å². The van der Waals surface area contributed by atoms with E-state index in [9.17, 15) is 0 Å². The first kappa shape index (κ1) is 25.9.